The second-order valence-corrected chi connectivity index (χ2v) is 5.06. The van der Waals surface area contributed by atoms with Crippen LogP contribution in [0, 0.1) is 0 Å². The number of nitrogens with one attached hydrogen (secondary N) is 1. The van der Waals surface area contributed by atoms with Gasteiger partial charge in [0.1, 0.15) is 11.5 Å². The van der Waals surface area contributed by atoms with Crippen molar-refractivity contribution in [2.75, 3.05) is 0 Å². The summed E-state index contributed by atoms with van der Waals surface area (Å²) in [5.74, 6) is -0.131. The Labute approximate surface area is 125 Å². The number of nitrogens with zero attached hydrogens (tertiary/aromatic N) is 1. The van der Waals surface area contributed by atoms with Gasteiger partial charge in [-0.3, -0.25) is 4.79 Å². The van der Waals surface area contributed by atoms with Crippen molar-refractivity contribution in [2.45, 2.75) is 0 Å². The number of para-hydroxylation sites is 1. The lowest BCUT2D eigenvalue weighted by Crippen LogP contribution is -2.17. The molecule has 7 heteroatoms. The Morgan fingerprint density at radius 3 is 2.74 bits per heavy atom. The molecule has 0 saturated heterocycles. The van der Waals surface area contributed by atoms with Gasteiger partial charge in [-0.2, -0.15) is 5.10 Å². The second kappa shape index (κ2) is 6.03. The van der Waals surface area contributed by atoms with Crippen molar-refractivity contribution in [1.29, 1.82) is 0 Å². The standard InChI is InChI=1S/C12H8Br2N2O3/c13-9-5-7(19-11(9)14)6-15-16-12(18)8-3-1-2-4-10(8)17/h1-6,17H,(H,16,18)/b15-6-. The number of rotatable bonds is 3. The van der Waals surface area contributed by atoms with Crippen LogP contribution in [-0.4, -0.2) is 17.2 Å². The summed E-state index contributed by atoms with van der Waals surface area (Å²) >= 11 is 6.45. The summed E-state index contributed by atoms with van der Waals surface area (Å²) in [7, 11) is 0. The fraction of sp³-hybridized carbons (Fsp3) is 0. The van der Waals surface area contributed by atoms with Crippen LogP contribution in [0.25, 0.3) is 0 Å². The maximum atomic E-state index is 11.7. The van der Waals surface area contributed by atoms with E-state index >= 15 is 0 Å². The lowest BCUT2D eigenvalue weighted by atomic mass is 10.2. The van der Waals surface area contributed by atoms with Crippen molar-refractivity contribution >= 4 is 44.0 Å². The van der Waals surface area contributed by atoms with Crippen LogP contribution in [-0.2, 0) is 0 Å². The van der Waals surface area contributed by atoms with Gasteiger partial charge in [0.2, 0.25) is 0 Å². The van der Waals surface area contributed by atoms with Crippen LogP contribution in [0.2, 0.25) is 0 Å². The van der Waals surface area contributed by atoms with Crippen molar-refractivity contribution < 1.29 is 14.3 Å². The number of hydrazone groups is 1. The maximum absolute atomic E-state index is 11.7. The van der Waals surface area contributed by atoms with Crippen LogP contribution in [0.3, 0.4) is 0 Å². The van der Waals surface area contributed by atoms with Gasteiger partial charge in [0, 0.05) is 6.07 Å². The Kier molecular flexibility index (Phi) is 4.39. The number of benzene rings is 1. The van der Waals surface area contributed by atoms with Crippen LogP contribution >= 0.6 is 31.9 Å². The predicted molar refractivity (Wildman–Crippen MR) is 77.3 cm³/mol. The Bertz CT molecular complexity index is 618. The van der Waals surface area contributed by atoms with E-state index in [-0.39, 0.29) is 11.3 Å². The zero-order chi connectivity index (χ0) is 13.8. The molecule has 2 rings (SSSR count). The third kappa shape index (κ3) is 3.45. The average Bonchev–Trinajstić information content (AvgIpc) is 2.69. The minimum Gasteiger partial charge on any atom is -0.507 e. The third-order valence-corrected chi connectivity index (χ3v) is 3.88. The Morgan fingerprint density at radius 2 is 2.11 bits per heavy atom. The number of hydrogen-bond donors (Lipinski definition) is 2. The van der Waals surface area contributed by atoms with Gasteiger partial charge in [0.05, 0.1) is 16.3 Å². The zero-order valence-electron chi connectivity index (χ0n) is 9.43. The lowest BCUT2D eigenvalue weighted by Gasteiger charge is -2.01. The van der Waals surface area contributed by atoms with E-state index in [0.717, 1.165) is 4.47 Å². The molecule has 0 aliphatic heterocycles. The molecule has 0 unspecified atom stereocenters. The lowest BCUT2D eigenvalue weighted by molar-refractivity contribution is 0.0952. The van der Waals surface area contributed by atoms with E-state index in [2.05, 4.69) is 42.4 Å². The summed E-state index contributed by atoms with van der Waals surface area (Å²) in [4.78, 5) is 11.7. The first-order chi connectivity index (χ1) is 9.08. The van der Waals surface area contributed by atoms with Crippen LogP contribution in [0.15, 0.2) is 49.0 Å². The molecule has 0 bridgehead atoms. The number of carbonyl (C=O) groups excluding carboxylic acids is 1. The maximum Gasteiger partial charge on any atom is 0.275 e. The fourth-order valence-corrected chi connectivity index (χ4v) is 1.92. The molecule has 2 aromatic rings. The SMILES string of the molecule is O=C(N/N=C\c1cc(Br)c(Br)o1)c1ccccc1O. The van der Waals surface area contributed by atoms with E-state index in [4.69, 9.17) is 4.42 Å². The van der Waals surface area contributed by atoms with Gasteiger partial charge < -0.3 is 9.52 Å². The number of halogens is 2. The van der Waals surface area contributed by atoms with Gasteiger partial charge in [-0.15, -0.1) is 0 Å². The van der Waals surface area contributed by atoms with Gasteiger partial charge in [0.15, 0.2) is 4.67 Å². The molecule has 0 radical (unpaired) electrons. The van der Waals surface area contributed by atoms with E-state index in [1.165, 1.54) is 18.3 Å². The normalized spacial score (nSPS) is 10.8. The van der Waals surface area contributed by atoms with Gasteiger partial charge in [-0.25, -0.2) is 5.43 Å². The van der Waals surface area contributed by atoms with Crippen molar-refractivity contribution in [3.63, 3.8) is 0 Å². The number of phenolic OH excluding ortho intramolecular Hbond substituents is 1. The minimum absolute atomic E-state index is 0.0984. The summed E-state index contributed by atoms with van der Waals surface area (Å²) in [6, 6.07) is 7.91. The van der Waals surface area contributed by atoms with Crippen LogP contribution in [0.5, 0.6) is 5.75 Å². The molecule has 0 saturated carbocycles. The summed E-state index contributed by atoms with van der Waals surface area (Å²) in [5, 5.41) is 13.2. The monoisotopic (exact) mass is 386 g/mol. The van der Waals surface area contributed by atoms with Gasteiger partial charge in [-0.1, -0.05) is 12.1 Å². The molecule has 1 aromatic heterocycles. The molecular formula is C12H8Br2N2O3. The molecule has 98 valence electrons. The van der Waals surface area contributed by atoms with E-state index in [1.54, 1.807) is 18.2 Å². The van der Waals surface area contributed by atoms with Crippen LogP contribution in [0.4, 0.5) is 0 Å². The molecule has 0 aliphatic rings. The van der Waals surface area contributed by atoms with Crippen molar-refractivity contribution in [3.8, 4) is 5.75 Å². The number of hydrogen-bond acceptors (Lipinski definition) is 4. The number of amides is 1. The Hall–Kier alpha value is -1.60. The highest BCUT2D eigenvalue weighted by Gasteiger charge is 2.09. The summed E-state index contributed by atoms with van der Waals surface area (Å²) in [5.41, 5.74) is 2.45. The molecule has 1 amide bonds. The first kappa shape index (κ1) is 13.8. The molecule has 0 fully saturated rings. The molecule has 19 heavy (non-hydrogen) atoms. The minimum atomic E-state index is -0.501. The highest BCUT2D eigenvalue weighted by Crippen LogP contribution is 2.25. The van der Waals surface area contributed by atoms with E-state index in [9.17, 15) is 9.90 Å². The van der Waals surface area contributed by atoms with Gasteiger partial charge in [0.25, 0.3) is 5.91 Å². The molecule has 1 heterocycles. The van der Waals surface area contributed by atoms with E-state index in [1.807, 2.05) is 0 Å². The smallest absolute Gasteiger partial charge is 0.275 e. The van der Waals surface area contributed by atoms with Gasteiger partial charge in [-0.05, 0) is 44.0 Å². The van der Waals surface area contributed by atoms with Gasteiger partial charge >= 0.3 is 0 Å². The Morgan fingerprint density at radius 1 is 1.37 bits per heavy atom. The van der Waals surface area contributed by atoms with Crippen LogP contribution < -0.4 is 5.43 Å². The first-order valence-electron chi connectivity index (χ1n) is 5.14. The van der Waals surface area contributed by atoms with E-state index < -0.39 is 5.91 Å². The zero-order valence-corrected chi connectivity index (χ0v) is 12.6. The second-order valence-electron chi connectivity index (χ2n) is 3.49. The van der Waals surface area contributed by atoms with Crippen molar-refractivity contribution in [3.05, 3.63) is 50.8 Å². The number of furan rings is 1. The molecule has 0 atom stereocenters. The molecular weight excluding hydrogens is 380 g/mol. The third-order valence-electron chi connectivity index (χ3n) is 2.17. The highest BCUT2D eigenvalue weighted by molar-refractivity contribution is 9.13. The van der Waals surface area contributed by atoms with Crippen molar-refractivity contribution in [2.24, 2.45) is 5.10 Å². The van der Waals surface area contributed by atoms with Crippen molar-refractivity contribution in [1.82, 2.24) is 5.43 Å². The number of phenols is 1. The largest absolute Gasteiger partial charge is 0.507 e. The highest BCUT2D eigenvalue weighted by atomic mass is 79.9. The molecule has 5 nitrogen and oxygen atoms in total. The fourth-order valence-electron chi connectivity index (χ4n) is 1.31. The van der Waals surface area contributed by atoms with Crippen LogP contribution in [0.1, 0.15) is 16.1 Å². The molecule has 2 N–H and O–H groups in total. The molecule has 0 aliphatic carbocycles. The average molecular weight is 388 g/mol. The molecule has 0 spiro atoms. The topological polar surface area (TPSA) is 74.8 Å². The van der Waals surface area contributed by atoms with E-state index in [0.29, 0.717) is 10.4 Å². The first-order valence-corrected chi connectivity index (χ1v) is 6.73. The quantitative estimate of drug-likeness (QED) is 0.626. The number of aromatic hydroxyl groups is 1. The number of carbonyl (C=O) groups is 1. The molecule has 1 aromatic carbocycles. The summed E-state index contributed by atoms with van der Waals surface area (Å²) in [6.45, 7) is 0. The summed E-state index contributed by atoms with van der Waals surface area (Å²) < 4.78 is 6.54. The Balaban J connectivity index is 2.03. The predicted octanol–water partition coefficient (Wildman–Crippen LogP) is 3.27. The summed E-state index contributed by atoms with van der Waals surface area (Å²) in [6.07, 6.45) is 1.35.